The summed E-state index contributed by atoms with van der Waals surface area (Å²) in [6.07, 6.45) is 6.52. The van der Waals surface area contributed by atoms with Crippen molar-refractivity contribution in [2.75, 3.05) is 4.90 Å². The van der Waals surface area contributed by atoms with E-state index in [1.165, 1.54) is 59.6 Å². The Hall–Kier alpha value is -5.60. The first-order chi connectivity index (χ1) is 23.8. The molecule has 9 rings (SSSR count). The van der Waals surface area contributed by atoms with Crippen molar-refractivity contribution >= 4 is 49.8 Å². The summed E-state index contributed by atoms with van der Waals surface area (Å²) in [5.74, 6) is 0.603. The number of benzene rings is 7. The number of hydrogen-bond acceptors (Lipinski definition) is 2. The van der Waals surface area contributed by atoms with Crippen LogP contribution in [0, 0.1) is 0 Å². The molecule has 0 radical (unpaired) electrons. The fourth-order valence-corrected chi connectivity index (χ4v) is 8.09. The minimum absolute atomic E-state index is 0.603. The molecule has 0 N–H and O–H groups in total. The van der Waals surface area contributed by atoms with Gasteiger partial charge in [-0.3, -0.25) is 0 Å². The zero-order chi connectivity index (χ0) is 31.9. The second-order valence-electron chi connectivity index (χ2n) is 13.1. The summed E-state index contributed by atoms with van der Waals surface area (Å²) in [6, 6.07) is 57.1. The van der Waals surface area contributed by atoms with Crippen LogP contribution in [0.15, 0.2) is 162 Å². The molecule has 48 heavy (non-hydrogen) atoms. The normalized spacial score (nSPS) is 13.8. The fourth-order valence-electron chi connectivity index (χ4n) is 8.09. The van der Waals surface area contributed by atoms with Crippen molar-refractivity contribution in [1.82, 2.24) is 0 Å². The summed E-state index contributed by atoms with van der Waals surface area (Å²) in [5, 5.41) is 4.98. The van der Waals surface area contributed by atoms with Crippen LogP contribution in [0.3, 0.4) is 0 Å². The molecule has 0 saturated heterocycles. The third kappa shape index (κ3) is 4.88. The zero-order valence-corrected chi connectivity index (χ0v) is 27.0. The highest BCUT2D eigenvalue weighted by atomic mass is 16.3. The smallest absolute Gasteiger partial charge is 0.143 e. The van der Waals surface area contributed by atoms with Gasteiger partial charge in [0.15, 0.2) is 0 Å². The number of para-hydroxylation sites is 5. The Morgan fingerprint density at radius 2 is 1.04 bits per heavy atom. The molecule has 2 heteroatoms. The molecule has 1 fully saturated rings. The highest BCUT2D eigenvalue weighted by Gasteiger charge is 2.24. The van der Waals surface area contributed by atoms with Crippen LogP contribution in [0.1, 0.15) is 43.6 Å². The molecular formula is C46H37NO. The average molecular weight is 620 g/mol. The van der Waals surface area contributed by atoms with Crippen LogP contribution in [0.5, 0.6) is 0 Å². The predicted molar refractivity (Wildman–Crippen MR) is 203 cm³/mol. The van der Waals surface area contributed by atoms with Gasteiger partial charge in [0.1, 0.15) is 11.2 Å². The Kier molecular flexibility index (Phi) is 7.28. The van der Waals surface area contributed by atoms with E-state index in [1.807, 2.05) is 6.07 Å². The molecule has 8 aromatic rings. The Bertz CT molecular complexity index is 2390. The number of furan rings is 1. The molecule has 2 nitrogen and oxygen atoms in total. The van der Waals surface area contributed by atoms with Gasteiger partial charge in [-0.25, -0.2) is 0 Å². The van der Waals surface area contributed by atoms with Crippen LogP contribution >= 0.6 is 0 Å². The van der Waals surface area contributed by atoms with Crippen molar-refractivity contribution in [3.63, 3.8) is 0 Å². The molecule has 7 aromatic carbocycles. The maximum Gasteiger partial charge on any atom is 0.143 e. The zero-order valence-electron chi connectivity index (χ0n) is 27.0. The standard InChI is InChI=1S/C46H37NO/c1-3-16-32(17-4-1)35-25-13-18-33-19-14-26-39(45(33)35)36-22-7-10-29-42(36)47(34-20-5-2-6-21-34)43-30-11-8-23-37(43)40-27-15-28-41-38-24-9-12-31-44(38)48-46(40)41/h2,5-15,18-32H,1,3-4,16-17H2. The van der Waals surface area contributed by atoms with Gasteiger partial charge in [0.2, 0.25) is 0 Å². The SMILES string of the molecule is c1ccc(N(c2ccccc2-c2cccc3c2oc2ccccc23)c2ccccc2-c2cccc3cccc(C4CCCCC4)c23)cc1. The largest absolute Gasteiger partial charge is 0.455 e. The van der Waals surface area contributed by atoms with E-state index in [1.54, 1.807) is 0 Å². The molecule has 1 heterocycles. The number of rotatable bonds is 6. The van der Waals surface area contributed by atoms with Crippen molar-refractivity contribution in [3.05, 3.63) is 163 Å². The molecule has 0 amide bonds. The second kappa shape index (κ2) is 12.2. The lowest BCUT2D eigenvalue weighted by Gasteiger charge is -2.30. The number of anilines is 3. The van der Waals surface area contributed by atoms with Crippen LogP contribution in [0.4, 0.5) is 17.1 Å². The van der Waals surface area contributed by atoms with E-state index in [9.17, 15) is 0 Å². The molecule has 0 aliphatic heterocycles. The first kappa shape index (κ1) is 28.6. The van der Waals surface area contributed by atoms with E-state index in [0.29, 0.717) is 5.92 Å². The molecule has 0 atom stereocenters. The first-order valence-corrected chi connectivity index (χ1v) is 17.3. The Balaban J connectivity index is 1.29. The van der Waals surface area contributed by atoms with Gasteiger partial charge in [-0.2, -0.15) is 0 Å². The van der Waals surface area contributed by atoms with E-state index in [-0.39, 0.29) is 0 Å². The second-order valence-corrected chi connectivity index (χ2v) is 13.1. The predicted octanol–water partition coefficient (Wildman–Crippen LogP) is 13.6. The number of hydrogen-bond donors (Lipinski definition) is 0. The minimum atomic E-state index is 0.603. The maximum atomic E-state index is 6.58. The van der Waals surface area contributed by atoms with Crippen LogP contribution < -0.4 is 4.90 Å². The molecule has 0 bridgehead atoms. The summed E-state index contributed by atoms with van der Waals surface area (Å²) in [7, 11) is 0. The van der Waals surface area contributed by atoms with E-state index in [4.69, 9.17) is 4.42 Å². The summed E-state index contributed by atoms with van der Waals surface area (Å²) < 4.78 is 6.58. The molecule has 1 aliphatic rings. The van der Waals surface area contributed by atoms with Crippen molar-refractivity contribution in [1.29, 1.82) is 0 Å². The first-order valence-electron chi connectivity index (χ1n) is 17.3. The quantitative estimate of drug-likeness (QED) is 0.184. The van der Waals surface area contributed by atoms with Crippen LogP contribution in [-0.2, 0) is 0 Å². The molecule has 0 spiro atoms. The Labute approximate surface area is 281 Å². The topological polar surface area (TPSA) is 16.4 Å². The number of nitrogens with zero attached hydrogens (tertiary/aromatic N) is 1. The van der Waals surface area contributed by atoms with Gasteiger partial charge in [-0.05, 0) is 71.0 Å². The minimum Gasteiger partial charge on any atom is -0.455 e. The van der Waals surface area contributed by atoms with E-state index >= 15 is 0 Å². The molecule has 0 unspecified atom stereocenters. The highest BCUT2D eigenvalue weighted by molar-refractivity contribution is 6.11. The van der Waals surface area contributed by atoms with Crippen LogP contribution in [-0.4, -0.2) is 0 Å². The third-order valence-electron chi connectivity index (χ3n) is 10.3. The molecule has 232 valence electrons. The maximum absolute atomic E-state index is 6.58. The Morgan fingerprint density at radius 1 is 0.458 bits per heavy atom. The summed E-state index contributed by atoms with van der Waals surface area (Å²) in [4.78, 5) is 2.44. The van der Waals surface area contributed by atoms with Gasteiger partial charge in [-0.15, -0.1) is 0 Å². The van der Waals surface area contributed by atoms with Crippen LogP contribution in [0.25, 0.3) is 55.0 Å². The van der Waals surface area contributed by atoms with E-state index in [0.717, 1.165) is 50.1 Å². The van der Waals surface area contributed by atoms with Crippen LogP contribution in [0.2, 0.25) is 0 Å². The monoisotopic (exact) mass is 619 g/mol. The third-order valence-corrected chi connectivity index (χ3v) is 10.3. The highest BCUT2D eigenvalue weighted by Crippen LogP contribution is 2.48. The lowest BCUT2D eigenvalue weighted by atomic mass is 9.80. The van der Waals surface area contributed by atoms with Gasteiger partial charge in [0.05, 0.1) is 11.4 Å². The van der Waals surface area contributed by atoms with Gasteiger partial charge in [0.25, 0.3) is 0 Å². The fraction of sp³-hybridized carbons (Fsp3) is 0.130. The summed E-state index contributed by atoms with van der Waals surface area (Å²) in [5.41, 5.74) is 11.4. The Morgan fingerprint density at radius 3 is 1.83 bits per heavy atom. The molecule has 1 aromatic heterocycles. The van der Waals surface area contributed by atoms with E-state index < -0.39 is 0 Å². The summed E-state index contributed by atoms with van der Waals surface area (Å²) >= 11 is 0. The molecule has 1 saturated carbocycles. The average Bonchev–Trinajstić information content (AvgIpc) is 3.55. The van der Waals surface area contributed by atoms with Gasteiger partial charge in [-0.1, -0.05) is 147 Å². The van der Waals surface area contributed by atoms with Crippen molar-refractivity contribution in [2.45, 2.75) is 38.0 Å². The van der Waals surface area contributed by atoms with Crippen molar-refractivity contribution in [3.8, 4) is 22.3 Å². The molecular weight excluding hydrogens is 583 g/mol. The number of fused-ring (bicyclic) bond motifs is 4. The van der Waals surface area contributed by atoms with Gasteiger partial charge in [0, 0.05) is 33.2 Å². The van der Waals surface area contributed by atoms with Crippen molar-refractivity contribution < 1.29 is 4.42 Å². The lowest BCUT2D eigenvalue weighted by molar-refractivity contribution is 0.445. The lowest BCUT2D eigenvalue weighted by Crippen LogP contribution is -2.12. The van der Waals surface area contributed by atoms with E-state index in [2.05, 4.69) is 157 Å². The molecule has 1 aliphatic carbocycles. The van der Waals surface area contributed by atoms with Crippen molar-refractivity contribution in [2.24, 2.45) is 0 Å². The summed E-state index contributed by atoms with van der Waals surface area (Å²) in [6.45, 7) is 0. The van der Waals surface area contributed by atoms with Gasteiger partial charge < -0.3 is 9.32 Å². The van der Waals surface area contributed by atoms with Gasteiger partial charge >= 0.3 is 0 Å².